The average Bonchev–Trinajstić information content (AvgIpc) is 2.44. The van der Waals surface area contributed by atoms with Crippen molar-refractivity contribution < 1.29 is 9.18 Å². The number of rotatable bonds is 11. The predicted molar refractivity (Wildman–Crippen MR) is 91.1 cm³/mol. The molecule has 0 aromatic rings. The largest absolute Gasteiger partial charge is 0.353 e. The van der Waals surface area contributed by atoms with E-state index in [0.29, 0.717) is 25.3 Å². The maximum absolute atomic E-state index is 13.9. The van der Waals surface area contributed by atoms with Gasteiger partial charge in [0.15, 0.2) is 0 Å². The van der Waals surface area contributed by atoms with Crippen LogP contribution in [0.3, 0.4) is 0 Å². The molecule has 0 bridgehead atoms. The van der Waals surface area contributed by atoms with Gasteiger partial charge in [0.2, 0.25) is 5.91 Å². The highest BCUT2D eigenvalue weighted by Crippen LogP contribution is 2.29. The van der Waals surface area contributed by atoms with Gasteiger partial charge in [0.05, 0.1) is 5.38 Å². The first kappa shape index (κ1) is 19.4. The van der Waals surface area contributed by atoms with Gasteiger partial charge in [0.25, 0.3) is 0 Å². The van der Waals surface area contributed by atoms with Crippen molar-refractivity contribution in [3.8, 4) is 0 Å². The summed E-state index contributed by atoms with van der Waals surface area (Å²) in [7, 11) is 1.92. The molecule has 0 aromatic heterocycles. The summed E-state index contributed by atoms with van der Waals surface area (Å²) in [6.07, 6.45) is 6.08. The van der Waals surface area contributed by atoms with Gasteiger partial charge in [-0.15, -0.1) is 11.6 Å². The Bertz CT molecular complexity index is 376. The van der Waals surface area contributed by atoms with Crippen molar-refractivity contribution in [3.05, 3.63) is 11.6 Å². The average molecular weight is 333 g/mol. The molecule has 1 amide bonds. The topological polar surface area (TPSA) is 41.1 Å². The zero-order valence-corrected chi connectivity index (χ0v) is 14.8. The molecule has 0 saturated carbocycles. The fourth-order valence-electron chi connectivity index (χ4n) is 2.57. The SMILES string of the molecule is CCC(CC(C)NC)NC(=O)CCCC(Cl)C(F)C1=CCC1. The monoisotopic (exact) mass is 332 g/mol. The van der Waals surface area contributed by atoms with Gasteiger partial charge in [0.1, 0.15) is 6.17 Å². The highest BCUT2D eigenvalue weighted by Gasteiger charge is 2.25. The molecule has 5 heteroatoms. The maximum atomic E-state index is 13.9. The zero-order valence-electron chi connectivity index (χ0n) is 14.0. The Hall–Kier alpha value is -0.610. The van der Waals surface area contributed by atoms with E-state index in [9.17, 15) is 9.18 Å². The summed E-state index contributed by atoms with van der Waals surface area (Å²) in [6.45, 7) is 4.17. The molecule has 1 aliphatic carbocycles. The van der Waals surface area contributed by atoms with Crippen LogP contribution in [-0.4, -0.2) is 36.6 Å². The zero-order chi connectivity index (χ0) is 16.5. The first-order valence-corrected chi connectivity index (χ1v) is 8.85. The Morgan fingerprint density at radius 2 is 2.18 bits per heavy atom. The van der Waals surface area contributed by atoms with Crippen LogP contribution in [0.1, 0.15) is 58.8 Å². The Balaban J connectivity index is 2.21. The van der Waals surface area contributed by atoms with Gasteiger partial charge >= 0.3 is 0 Å². The molecule has 0 heterocycles. The number of hydrogen-bond donors (Lipinski definition) is 2. The van der Waals surface area contributed by atoms with Crippen molar-refractivity contribution in [2.75, 3.05) is 7.05 Å². The van der Waals surface area contributed by atoms with Gasteiger partial charge in [-0.1, -0.05) is 13.0 Å². The first-order valence-electron chi connectivity index (χ1n) is 8.41. The lowest BCUT2D eigenvalue weighted by Gasteiger charge is -2.23. The molecule has 4 unspecified atom stereocenters. The third kappa shape index (κ3) is 6.66. The van der Waals surface area contributed by atoms with Crippen LogP contribution in [0.25, 0.3) is 0 Å². The molecule has 0 fully saturated rings. The molecule has 0 radical (unpaired) electrons. The van der Waals surface area contributed by atoms with E-state index in [0.717, 1.165) is 31.3 Å². The highest BCUT2D eigenvalue weighted by molar-refractivity contribution is 6.21. The minimum absolute atomic E-state index is 0.0392. The van der Waals surface area contributed by atoms with Crippen molar-refractivity contribution >= 4 is 17.5 Å². The number of carbonyl (C=O) groups is 1. The van der Waals surface area contributed by atoms with Crippen LogP contribution in [0.4, 0.5) is 4.39 Å². The Morgan fingerprint density at radius 3 is 2.68 bits per heavy atom. The summed E-state index contributed by atoms with van der Waals surface area (Å²) in [5.41, 5.74) is 0.830. The number of allylic oxidation sites excluding steroid dienone is 2. The molecule has 0 aliphatic heterocycles. The molecule has 22 heavy (non-hydrogen) atoms. The standard InChI is InChI=1S/C17H30ClFN2O/c1-4-14(11-12(2)20-3)21-16(22)10-6-9-15(18)17(19)13-7-5-8-13/h7,12,14-15,17,20H,4-6,8-11H2,1-3H3,(H,21,22). The summed E-state index contributed by atoms with van der Waals surface area (Å²) in [4.78, 5) is 12.0. The molecule has 3 nitrogen and oxygen atoms in total. The molecular weight excluding hydrogens is 303 g/mol. The highest BCUT2D eigenvalue weighted by atomic mass is 35.5. The van der Waals surface area contributed by atoms with Gasteiger partial charge in [0, 0.05) is 18.5 Å². The number of hydrogen-bond acceptors (Lipinski definition) is 2. The summed E-state index contributed by atoms with van der Waals surface area (Å²) in [5, 5.41) is 5.72. The summed E-state index contributed by atoms with van der Waals surface area (Å²) in [6, 6.07) is 0.566. The quantitative estimate of drug-likeness (QED) is 0.447. The van der Waals surface area contributed by atoms with E-state index in [1.54, 1.807) is 0 Å². The second kappa shape index (κ2) is 10.2. The molecule has 1 rings (SSSR count). The molecule has 1 aliphatic rings. The third-order valence-corrected chi connectivity index (χ3v) is 4.82. The van der Waals surface area contributed by atoms with E-state index >= 15 is 0 Å². The van der Waals surface area contributed by atoms with E-state index < -0.39 is 11.5 Å². The van der Waals surface area contributed by atoms with Crippen molar-refractivity contribution in [1.29, 1.82) is 0 Å². The van der Waals surface area contributed by atoms with Gasteiger partial charge in [-0.2, -0.15) is 0 Å². The fraction of sp³-hybridized carbons (Fsp3) is 0.824. The van der Waals surface area contributed by atoms with Crippen molar-refractivity contribution in [1.82, 2.24) is 10.6 Å². The number of carbonyl (C=O) groups excluding carboxylic acids is 1. The van der Waals surface area contributed by atoms with E-state index in [1.165, 1.54) is 0 Å². The second-order valence-corrected chi connectivity index (χ2v) is 6.79. The van der Waals surface area contributed by atoms with E-state index in [-0.39, 0.29) is 11.9 Å². The molecule has 0 saturated heterocycles. The van der Waals surface area contributed by atoms with Crippen molar-refractivity contribution in [2.45, 2.75) is 82.4 Å². The van der Waals surface area contributed by atoms with E-state index in [4.69, 9.17) is 11.6 Å². The van der Waals surface area contributed by atoms with Crippen LogP contribution >= 0.6 is 11.6 Å². The fourth-order valence-corrected chi connectivity index (χ4v) is 2.89. The minimum Gasteiger partial charge on any atom is -0.353 e. The molecule has 0 spiro atoms. The lowest BCUT2D eigenvalue weighted by Crippen LogP contribution is -2.39. The number of nitrogens with one attached hydrogen (secondary N) is 2. The number of alkyl halides is 2. The maximum Gasteiger partial charge on any atom is 0.220 e. The molecule has 2 N–H and O–H groups in total. The number of halogens is 2. The van der Waals surface area contributed by atoms with E-state index in [2.05, 4.69) is 24.5 Å². The van der Waals surface area contributed by atoms with Crippen LogP contribution in [0.15, 0.2) is 11.6 Å². The lowest BCUT2D eigenvalue weighted by molar-refractivity contribution is -0.122. The smallest absolute Gasteiger partial charge is 0.220 e. The van der Waals surface area contributed by atoms with Crippen LogP contribution < -0.4 is 10.6 Å². The Labute approximate surface area is 139 Å². The second-order valence-electron chi connectivity index (χ2n) is 6.23. The lowest BCUT2D eigenvalue weighted by atomic mass is 9.91. The molecule has 4 atom stereocenters. The van der Waals surface area contributed by atoms with Crippen molar-refractivity contribution in [2.24, 2.45) is 0 Å². The van der Waals surface area contributed by atoms with Gasteiger partial charge in [-0.05, 0) is 58.1 Å². The first-order chi connectivity index (χ1) is 10.5. The number of amides is 1. The minimum atomic E-state index is -1.04. The summed E-state index contributed by atoms with van der Waals surface area (Å²) in [5.74, 6) is 0.0392. The predicted octanol–water partition coefficient (Wildman–Crippen LogP) is 3.72. The summed E-state index contributed by atoms with van der Waals surface area (Å²) >= 11 is 6.09. The summed E-state index contributed by atoms with van der Waals surface area (Å²) < 4.78 is 13.9. The van der Waals surface area contributed by atoms with Crippen LogP contribution in [0, 0.1) is 0 Å². The Morgan fingerprint density at radius 1 is 1.50 bits per heavy atom. The van der Waals surface area contributed by atoms with Gasteiger partial charge < -0.3 is 10.6 Å². The van der Waals surface area contributed by atoms with Crippen molar-refractivity contribution in [3.63, 3.8) is 0 Å². The molecular formula is C17H30ClFN2O. The van der Waals surface area contributed by atoms with Crippen LogP contribution in [0.2, 0.25) is 0 Å². The van der Waals surface area contributed by atoms with Gasteiger partial charge in [-0.3, -0.25) is 4.79 Å². The normalized spacial score (nSPS) is 19.6. The van der Waals surface area contributed by atoms with E-state index in [1.807, 2.05) is 13.1 Å². The third-order valence-electron chi connectivity index (χ3n) is 4.38. The van der Waals surface area contributed by atoms with Gasteiger partial charge in [-0.25, -0.2) is 4.39 Å². The van der Waals surface area contributed by atoms with Crippen LogP contribution in [0.5, 0.6) is 0 Å². The molecule has 128 valence electrons. The van der Waals surface area contributed by atoms with Crippen LogP contribution in [-0.2, 0) is 4.79 Å². The Kier molecular flexibility index (Phi) is 9.03. The molecule has 0 aromatic carbocycles.